The average Bonchev–Trinajstić information content (AvgIpc) is 2.26. The summed E-state index contributed by atoms with van der Waals surface area (Å²) < 4.78 is 36.2. The number of carbonyl (C=O) groups is 2. The molecule has 0 aliphatic carbocycles. The molecular formula is C9H11F3N2O2. The highest BCUT2D eigenvalue weighted by molar-refractivity contribution is 5.87. The van der Waals surface area contributed by atoms with Crippen LogP contribution >= 0.6 is 0 Å². The lowest BCUT2D eigenvalue weighted by atomic mass is 10.3. The van der Waals surface area contributed by atoms with Crippen molar-refractivity contribution in [3.05, 3.63) is 12.7 Å². The van der Waals surface area contributed by atoms with Crippen LogP contribution in [0.5, 0.6) is 0 Å². The number of hydrogen-bond donors (Lipinski definition) is 0. The molecule has 1 heterocycles. The lowest BCUT2D eigenvalue weighted by Crippen LogP contribution is -2.53. The van der Waals surface area contributed by atoms with E-state index in [2.05, 4.69) is 6.58 Å². The van der Waals surface area contributed by atoms with Gasteiger partial charge in [0.2, 0.25) is 5.91 Å². The fourth-order valence-corrected chi connectivity index (χ4v) is 1.44. The lowest BCUT2D eigenvalue weighted by Gasteiger charge is -2.34. The van der Waals surface area contributed by atoms with Gasteiger partial charge in [-0.1, -0.05) is 6.58 Å². The van der Waals surface area contributed by atoms with Crippen LogP contribution in [0.25, 0.3) is 0 Å². The Bertz CT molecular complexity index is 306. The molecule has 0 saturated carbocycles. The maximum Gasteiger partial charge on any atom is 0.471 e. The van der Waals surface area contributed by atoms with Crippen molar-refractivity contribution >= 4 is 11.8 Å². The average molecular weight is 236 g/mol. The summed E-state index contributed by atoms with van der Waals surface area (Å²) in [4.78, 5) is 24.0. The van der Waals surface area contributed by atoms with Crippen molar-refractivity contribution in [2.75, 3.05) is 26.2 Å². The molecule has 0 aromatic carbocycles. The van der Waals surface area contributed by atoms with E-state index in [9.17, 15) is 22.8 Å². The van der Waals surface area contributed by atoms with Crippen LogP contribution < -0.4 is 0 Å². The molecule has 7 heteroatoms. The second kappa shape index (κ2) is 4.54. The number of alkyl halides is 3. The molecule has 1 aliphatic heterocycles. The van der Waals surface area contributed by atoms with Crippen LogP contribution in [-0.2, 0) is 9.59 Å². The molecule has 0 radical (unpaired) electrons. The fraction of sp³-hybridized carbons (Fsp3) is 0.556. The van der Waals surface area contributed by atoms with Crippen LogP contribution in [0.1, 0.15) is 0 Å². The predicted molar refractivity (Wildman–Crippen MR) is 49.4 cm³/mol. The molecule has 16 heavy (non-hydrogen) atoms. The third-order valence-electron chi connectivity index (χ3n) is 2.30. The molecule has 0 atom stereocenters. The molecule has 1 saturated heterocycles. The number of nitrogens with zero attached hydrogens (tertiary/aromatic N) is 2. The minimum atomic E-state index is -4.84. The maximum atomic E-state index is 12.1. The van der Waals surface area contributed by atoms with E-state index in [1.54, 1.807) is 0 Å². The van der Waals surface area contributed by atoms with Gasteiger partial charge in [0, 0.05) is 26.2 Å². The Morgan fingerprint density at radius 3 is 1.88 bits per heavy atom. The smallest absolute Gasteiger partial charge is 0.336 e. The summed E-state index contributed by atoms with van der Waals surface area (Å²) in [6.45, 7) is 3.29. The van der Waals surface area contributed by atoms with Gasteiger partial charge >= 0.3 is 12.1 Å². The van der Waals surface area contributed by atoms with Gasteiger partial charge in [-0.2, -0.15) is 13.2 Å². The van der Waals surface area contributed by atoms with E-state index in [0.29, 0.717) is 4.90 Å². The Kier molecular flexibility index (Phi) is 3.56. The molecule has 1 fully saturated rings. The molecule has 0 bridgehead atoms. The lowest BCUT2D eigenvalue weighted by molar-refractivity contribution is -0.187. The summed E-state index contributed by atoms with van der Waals surface area (Å²) in [5.74, 6) is -2.18. The molecule has 0 unspecified atom stereocenters. The summed E-state index contributed by atoms with van der Waals surface area (Å²) in [7, 11) is 0. The monoisotopic (exact) mass is 236 g/mol. The molecular weight excluding hydrogens is 225 g/mol. The van der Waals surface area contributed by atoms with Crippen molar-refractivity contribution in [2.24, 2.45) is 0 Å². The van der Waals surface area contributed by atoms with E-state index >= 15 is 0 Å². The van der Waals surface area contributed by atoms with Crippen molar-refractivity contribution < 1.29 is 22.8 Å². The van der Waals surface area contributed by atoms with E-state index in [0.717, 1.165) is 6.08 Å². The SMILES string of the molecule is C=CC(=O)N1CCN(C(=O)C(F)(F)F)CC1. The Balaban J connectivity index is 2.52. The van der Waals surface area contributed by atoms with Gasteiger partial charge in [0.25, 0.3) is 0 Å². The summed E-state index contributed by atoms with van der Waals surface area (Å²) in [5, 5.41) is 0. The molecule has 4 nitrogen and oxygen atoms in total. The van der Waals surface area contributed by atoms with Gasteiger partial charge in [0.05, 0.1) is 0 Å². The van der Waals surface area contributed by atoms with Gasteiger partial charge < -0.3 is 9.80 Å². The number of hydrogen-bond acceptors (Lipinski definition) is 2. The topological polar surface area (TPSA) is 40.6 Å². The van der Waals surface area contributed by atoms with Gasteiger partial charge in [-0.05, 0) is 6.08 Å². The van der Waals surface area contributed by atoms with Gasteiger partial charge in [-0.25, -0.2) is 0 Å². The second-order valence-electron chi connectivity index (χ2n) is 3.32. The minimum Gasteiger partial charge on any atom is -0.336 e. The Morgan fingerprint density at radius 1 is 1.06 bits per heavy atom. The Morgan fingerprint density at radius 2 is 1.50 bits per heavy atom. The number of piperazine rings is 1. The van der Waals surface area contributed by atoms with Crippen LogP contribution in [-0.4, -0.2) is 54.0 Å². The van der Waals surface area contributed by atoms with Crippen LogP contribution in [0.4, 0.5) is 13.2 Å². The molecule has 0 aromatic rings. The third-order valence-corrected chi connectivity index (χ3v) is 2.30. The molecule has 2 amide bonds. The molecule has 0 aromatic heterocycles. The minimum absolute atomic E-state index is 0.0993. The molecule has 1 aliphatic rings. The first-order chi connectivity index (χ1) is 7.36. The molecule has 90 valence electrons. The van der Waals surface area contributed by atoms with Crippen molar-refractivity contribution in [3.63, 3.8) is 0 Å². The molecule has 0 N–H and O–H groups in total. The van der Waals surface area contributed by atoms with E-state index in [1.807, 2.05) is 0 Å². The Hall–Kier alpha value is -1.53. The van der Waals surface area contributed by atoms with Crippen LogP contribution in [0, 0.1) is 0 Å². The van der Waals surface area contributed by atoms with Gasteiger partial charge in [-0.15, -0.1) is 0 Å². The van der Waals surface area contributed by atoms with E-state index in [-0.39, 0.29) is 32.1 Å². The largest absolute Gasteiger partial charge is 0.471 e. The number of carbonyl (C=O) groups excluding carboxylic acids is 2. The summed E-state index contributed by atoms with van der Waals surface area (Å²) in [6, 6.07) is 0. The third kappa shape index (κ3) is 2.74. The molecule has 0 spiro atoms. The van der Waals surface area contributed by atoms with Gasteiger partial charge in [-0.3, -0.25) is 9.59 Å². The summed E-state index contributed by atoms with van der Waals surface area (Å²) >= 11 is 0. The highest BCUT2D eigenvalue weighted by Gasteiger charge is 2.43. The van der Waals surface area contributed by atoms with E-state index in [1.165, 1.54) is 4.90 Å². The highest BCUT2D eigenvalue weighted by atomic mass is 19.4. The molecule has 1 rings (SSSR count). The van der Waals surface area contributed by atoms with E-state index < -0.39 is 12.1 Å². The first-order valence-electron chi connectivity index (χ1n) is 4.63. The van der Waals surface area contributed by atoms with Crippen molar-refractivity contribution in [3.8, 4) is 0 Å². The maximum absolute atomic E-state index is 12.1. The first-order valence-corrected chi connectivity index (χ1v) is 4.63. The van der Waals surface area contributed by atoms with Crippen LogP contribution in [0.15, 0.2) is 12.7 Å². The Labute approximate surface area is 90.3 Å². The van der Waals surface area contributed by atoms with Crippen LogP contribution in [0.2, 0.25) is 0 Å². The van der Waals surface area contributed by atoms with Crippen molar-refractivity contribution in [1.29, 1.82) is 0 Å². The fourth-order valence-electron chi connectivity index (χ4n) is 1.44. The van der Waals surface area contributed by atoms with Gasteiger partial charge in [0.1, 0.15) is 0 Å². The number of rotatable bonds is 1. The zero-order valence-corrected chi connectivity index (χ0v) is 8.46. The number of amides is 2. The van der Waals surface area contributed by atoms with E-state index in [4.69, 9.17) is 0 Å². The highest BCUT2D eigenvalue weighted by Crippen LogP contribution is 2.19. The quantitative estimate of drug-likeness (QED) is 0.618. The summed E-state index contributed by atoms with van der Waals surface area (Å²) in [6.07, 6.45) is -3.74. The standard InChI is InChI=1S/C9H11F3N2O2/c1-2-7(15)13-3-5-14(6-4-13)8(16)9(10,11)12/h2H,1,3-6H2. The second-order valence-corrected chi connectivity index (χ2v) is 3.32. The zero-order valence-electron chi connectivity index (χ0n) is 8.46. The van der Waals surface area contributed by atoms with Crippen molar-refractivity contribution in [2.45, 2.75) is 6.18 Å². The van der Waals surface area contributed by atoms with Crippen LogP contribution in [0.3, 0.4) is 0 Å². The number of halogens is 3. The van der Waals surface area contributed by atoms with Crippen molar-refractivity contribution in [1.82, 2.24) is 9.80 Å². The first kappa shape index (κ1) is 12.5. The summed E-state index contributed by atoms with van der Waals surface area (Å²) in [5.41, 5.74) is 0. The predicted octanol–water partition coefficient (Wildman–Crippen LogP) is 0.405. The van der Waals surface area contributed by atoms with Gasteiger partial charge in [0.15, 0.2) is 0 Å². The zero-order chi connectivity index (χ0) is 12.3. The normalized spacial score (nSPS) is 17.2.